The van der Waals surface area contributed by atoms with Crippen molar-refractivity contribution in [1.82, 2.24) is 4.98 Å². The summed E-state index contributed by atoms with van der Waals surface area (Å²) in [6.45, 7) is 0. The number of benzene rings is 3. The van der Waals surface area contributed by atoms with Crippen molar-refractivity contribution in [3.8, 4) is 17.0 Å². The summed E-state index contributed by atoms with van der Waals surface area (Å²) in [6, 6.07) is 24.8. The Bertz CT molecular complexity index is 1070. The third-order valence-electron chi connectivity index (χ3n) is 4.43. The van der Waals surface area contributed by atoms with Gasteiger partial charge in [-0.1, -0.05) is 54.6 Å². The number of ether oxygens (including phenoxy) is 1. The molecule has 0 aliphatic carbocycles. The molecule has 126 valence electrons. The summed E-state index contributed by atoms with van der Waals surface area (Å²) >= 11 is 0. The Morgan fingerprint density at radius 2 is 1.54 bits per heavy atom. The average Bonchev–Trinajstić information content (AvgIpc) is 2.73. The molecule has 3 nitrogen and oxygen atoms in total. The number of nitrogens with zero attached hydrogens (tertiary/aromatic N) is 1. The topological polar surface area (TPSA) is 39.2 Å². The summed E-state index contributed by atoms with van der Waals surface area (Å²) in [5.41, 5.74) is 2.86. The first-order valence-electron chi connectivity index (χ1n) is 8.40. The van der Waals surface area contributed by atoms with Crippen LogP contribution in [0.1, 0.15) is 15.9 Å². The molecule has 0 fully saturated rings. The minimum absolute atomic E-state index is 0.0455. The van der Waals surface area contributed by atoms with Crippen LogP contribution < -0.4 is 4.74 Å². The Balaban J connectivity index is 1.95. The molecule has 1 heterocycles. The van der Waals surface area contributed by atoms with Crippen LogP contribution >= 0.6 is 0 Å². The number of hydrogen-bond acceptors (Lipinski definition) is 3. The predicted molar refractivity (Wildman–Crippen MR) is 104 cm³/mol. The first kappa shape index (κ1) is 16.0. The summed E-state index contributed by atoms with van der Waals surface area (Å²) in [5, 5.41) is 1.85. The highest BCUT2D eigenvalue weighted by Crippen LogP contribution is 2.30. The lowest BCUT2D eigenvalue weighted by molar-refractivity contribution is 0.104. The first-order valence-corrected chi connectivity index (χ1v) is 8.40. The molecule has 0 spiro atoms. The van der Waals surface area contributed by atoms with Gasteiger partial charge in [-0.25, -0.2) is 0 Å². The molecule has 0 N–H and O–H groups in total. The summed E-state index contributed by atoms with van der Waals surface area (Å²) in [7, 11) is 1.61. The van der Waals surface area contributed by atoms with E-state index >= 15 is 0 Å². The van der Waals surface area contributed by atoms with E-state index in [1.807, 2.05) is 60.8 Å². The van der Waals surface area contributed by atoms with Crippen LogP contribution in [0.3, 0.4) is 0 Å². The van der Waals surface area contributed by atoms with Gasteiger partial charge in [0.2, 0.25) is 0 Å². The Morgan fingerprint density at radius 1 is 0.846 bits per heavy atom. The standard InChI is InChI=1S/C23H17NO2/c1-26-19-13-11-17(12-14-19)23(25)21-20-10-6-5-9-18(20)15-24-22(21)16-7-3-2-4-8-16/h2-15H,1H3. The van der Waals surface area contributed by atoms with Crippen molar-refractivity contribution in [2.75, 3.05) is 7.11 Å². The Hall–Kier alpha value is -3.46. The van der Waals surface area contributed by atoms with E-state index in [1.165, 1.54) is 0 Å². The van der Waals surface area contributed by atoms with Crippen molar-refractivity contribution in [3.63, 3.8) is 0 Å². The SMILES string of the molecule is COc1ccc(C(=O)c2c(-c3ccccc3)ncc3ccccc23)cc1. The van der Waals surface area contributed by atoms with Crippen molar-refractivity contribution in [3.05, 3.63) is 96.2 Å². The third kappa shape index (κ3) is 2.84. The van der Waals surface area contributed by atoms with Gasteiger partial charge in [0.1, 0.15) is 5.75 Å². The van der Waals surface area contributed by atoms with Gasteiger partial charge in [-0.3, -0.25) is 9.78 Å². The van der Waals surface area contributed by atoms with E-state index in [-0.39, 0.29) is 5.78 Å². The number of carbonyl (C=O) groups excluding carboxylic acids is 1. The summed E-state index contributed by atoms with van der Waals surface area (Å²) in [4.78, 5) is 18.0. The van der Waals surface area contributed by atoms with Gasteiger partial charge >= 0.3 is 0 Å². The fourth-order valence-electron chi connectivity index (χ4n) is 3.09. The zero-order valence-electron chi connectivity index (χ0n) is 14.3. The molecule has 0 bridgehead atoms. The maximum Gasteiger partial charge on any atom is 0.195 e. The van der Waals surface area contributed by atoms with Gasteiger partial charge in [0, 0.05) is 22.7 Å². The maximum absolute atomic E-state index is 13.4. The highest BCUT2D eigenvalue weighted by Gasteiger charge is 2.19. The highest BCUT2D eigenvalue weighted by molar-refractivity contribution is 6.19. The largest absolute Gasteiger partial charge is 0.497 e. The lowest BCUT2D eigenvalue weighted by atomic mass is 9.93. The average molecular weight is 339 g/mol. The van der Waals surface area contributed by atoms with E-state index in [0.717, 1.165) is 22.1 Å². The van der Waals surface area contributed by atoms with Crippen LogP contribution in [0.25, 0.3) is 22.0 Å². The van der Waals surface area contributed by atoms with Gasteiger partial charge in [-0.15, -0.1) is 0 Å². The van der Waals surface area contributed by atoms with Crippen LogP contribution in [0.4, 0.5) is 0 Å². The molecular weight excluding hydrogens is 322 g/mol. The van der Waals surface area contributed by atoms with Gasteiger partial charge < -0.3 is 4.74 Å². The zero-order chi connectivity index (χ0) is 17.9. The molecular formula is C23H17NO2. The first-order chi connectivity index (χ1) is 12.8. The van der Waals surface area contributed by atoms with Crippen LogP contribution in [-0.4, -0.2) is 17.9 Å². The lowest BCUT2D eigenvalue weighted by Gasteiger charge is -2.12. The second-order valence-electron chi connectivity index (χ2n) is 5.99. The second kappa shape index (κ2) is 6.81. The number of hydrogen-bond donors (Lipinski definition) is 0. The second-order valence-corrected chi connectivity index (χ2v) is 5.99. The molecule has 4 aromatic rings. The number of rotatable bonds is 4. The van der Waals surface area contributed by atoms with Crippen molar-refractivity contribution < 1.29 is 9.53 Å². The van der Waals surface area contributed by atoms with Gasteiger partial charge in [-0.05, 0) is 29.7 Å². The minimum Gasteiger partial charge on any atom is -0.497 e. The van der Waals surface area contributed by atoms with E-state index < -0.39 is 0 Å². The lowest BCUT2D eigenvalue weighted by Crippen LogP contribution is -2.06. The normalized spacial score (nSPS) is 10.7. The van der Waals surface area contributed by atoms with Crippen molar-refractivity contribution >= 4 is 16.6 Å². The fourth-order valence-corrected chi connectivity index (χ4v) is 3.09. The molecule has 0 amide bonds. The molecule has 0 radical (unpaired) electrons. The Kier molecular flexibility index (Phi) is 4.20. The molecule has 3 aromatic carbocycles. The number of aromatic nitrogens is 1. The van der Waals surface area contributed by atoms with Crippen molar-refractivity contribution in [2.45, 2.75) is 0 Å². The van der Waals surface area contributed by atoms with Gasteiger partial charge in [0.05, 0.1) is 18.4 Å². The molecule has 0 unspecified atom stereocenters. The molecule has 1 aromatic heterocycles. The van der Waals surface area contributed by atoms with Crippen molar-refractivity contribution in [2.24, 2.45) is 0 Å². The smallest absolute Gasteiger partial charge is 0.195 e. The third-order valence-corrected chi connectivity index (χ3v) is 4.43. The van der Waals surface area contributed by atoms with Gasteiger partial charge in [-0.2, -0.15) is 0 Å². The van der Waals surface area contributed by atoms with Crippen LogP contribution in [0.5, 0.6) is 5.75 Å². The number of methoxy groups -OCH3 is 1. The van der Waals surface area contributed by atoms with Crippen molar-refractivity contribution in [1.29, 1.82) is 0 Å². The van der Waals surface area contributed by atoms with E-state index in [9.17, 15) is 4.79 Å². The number of carbonyl (C=O) groups is 1. The monoisotopic (exact) mass is 339 g/mol. The maximum atomic E-state index is 13.4. The summed E-state index contributed by atoms with van der Waals surface area (Å²) in [5.74, 6) is 0.677. The molecule has 0 aliphatic rings. The molecule has 0 atom stereocenters. The van der Waals surface area contributed by atoms with Crippen LogP contribution in [-0.2, 0) is 0 Å². The summed E-state index contributed by atoms with van der Waals surface area (Å²) in [6.07, 6.45) is 1.82. The molecule has 4 rings (SSSR count). The van der Waals surface area contributed by atoms with E-state index in [1.54, 1.807) is 31.4 Å². The number of pyridine rings is 1. The number of fused-ring (bicyclic) bond motifs is 1. The quantitative estimate of drug-likeness (QED) is 0.483. The van der Waals surface area contributed by atoms with Crippen LogP contribution in [0.2, 0.25) is 0 Å². The molecule has 0 aliphatic heterocycles. The molecule has 26 heavy (non-hydrogen) atoms. The van der Waals surface area contributed by atoms with Gasteiger partial charge in [0.15, 0.2) is 5.78 Å². The highest BCUT2D eigenvalue weighted by atomic mass is 16.5. The molecule has 3 heteroatoms. The molecule has 0 saturated heterocycles. The minimum atomic E-state index is -0.0455. The zero-order valence-corrected chi connectivity index (χ0v) is 14.3. The van der Waals surface area contributed by atoms with Crippen LogP contribution in [0.15, 0.2) is 85.1 Å². The summed E-state index contributed by atoms with van der Waals surface area (Å²) < 4.78 is 5.19. The predicted octanol–water partition coefficient (Wildman–Crippen LogP) is 5.14. The number of ketones is 1. The fraction of sp³-hybridized carbons (Fsp3) is 0.0435. The Labute approximate surface area is 151 Å². The van der Waals surface area contributed by atoms with Gasteiger partial charge in [0.25, 0.3) is 0 Å². The van der Waals surface area contributed by atoms with E-state index in [2.05, 4.69) is 4.98 Å². The van der Waals surface area contributed by atoms with E-state index in [4.69, 9.17) is 4.74 Å². The van der Waals surface area contributed by atoms with Crippen LogP contribution in [0, 0.1) is 0 Å². The molecule has 0 saturated carbocycles. The van der Waals surface area contributed by atoms with E-state index in [0.29, 0.717) is 16.8 Å². The Morgan fingerprint density at radius 3 is 2.27 bits per heavy atom.